The third-order valence-electron chi connectivity index (χ3n) is 6.64. The Morgan fingerprint density at radius 1 is 1.24 bits per heavy atom. The zero-order chi connectivity index (χ0) is 23.5. The van der Waals surface area contributed by atoms with Crippen molar-refractivity contribution in [3.05, 3.63) is 67.8 Å². The van der Waals surface area contributed by atoms with E-state index in [0.717, 1.165) is 21.7 Å². The number of fused-ring (bicyclic) bond motifs is 2. The fourth-order valence-corrected chi connectivity index (χ4v) is 5.88. The van der Waals surface area contributed by atoms with Crippen LogP contribution in [0.3, 0.4) is 0 Å². The van der Waals surface area contributed by atoms with E-state index < -0.39 is 12.1 Å². The average molecular weight is 477 g/mol. The number of imidazole rings is 1. The van der Waals surface area contributed by atoms with E-state index >= 15 is 0 Å². The number of hydrogen-bond donors (Lipinski definition) is 0. The van der Waals surface area contributed by atoms with Crippen molar-refractivity contribution in [3.63, 3.8) is 0 Å². The Bertz CT molecular complexity index is 1290. The van der Waals surface area contributed by atoms with Crippen LogP contribution in [0.15, 0.2) is 34.8 Å². The second-order valence-electron chi connectivity index (χ2n) is 8.87. The summed E-state index contributed by atoms with van der Waals surface area (Å²) in [6.45, 7) is 4.25. The summed E-state index contributed by atoms with van der Waals surface area (Å²) in [4.78, 5) is 33.2. The number of alkyl halides is 3. The summed E-state index contributed by atoms with van der Waals surface area (Å²) in [5.41, 5.74) is 2.73. The fraction of sp³-hybridized carbons (Fsp3) is 0.435. The molecule has 3 aromatic heterocycles. The minimum atomic E-state index is -4.21. The van der Waals surface area contributed by atoms with Gasteiger partial charge in [0.25, 0.3) is 11.5 Å². The van der Waals surface area contributed by atoms with Crippen LogP contribution in [-0.4, -0.2) is 37.1 Å². The number of aromatic nitrogens is 3. The second kappa shape index (κ2) is 7.86. The quantitative estimate of drug-likeness (QED) is 0.572. The molecule has 0 aromatic carbocycles. The van der Waals surface area contributed by atoms with Gasteiger partial charge >= 0.3 is 6.18 Å². The van der Waals surface area contributed by atoms with Crippen LogP contribution in [0.4, 0.5) is 13.2 Å². The Labute approximate surface area is 192 Å². The van der Waals surface area contributed by atoms with Crippen molar-refractivity contribution in [3.8, 4) is 5.69 Å². The molecule has 0 radical (unpaired) electrons. The molecule has 1 aliphatic carbocycles. The number of pyridine rings is 1. The van der Waals surface area contributed by atoms with Crippen molar-refractivity contribution in [2.24, 2.45) is 5.92 Å². The number of aryl methyl sites for hydroxylation is 2. The lowest BCUT2D eigenvalue weighted by molar-refractivity contribution is -0.177. The molecule has 2 unspecified atom stereocenters. The molecule has 0 saturated heterocycles. The largest absolute Gasteiger partial charge is 0.392 e. The molecule has 3 aromatic rings. The molecule has 174 valence electrons. The predicted octanol–water partition coefficient (Wildman–Crippen LogP) is 4.12. The van der Waals surface area contributed by atoms with E-state index in [1.165, 1.54) is 15.9 Å². The van der Waals surface area contributed by atoms with Gasteiger partial charge in [0, 0.05) is 30.2 Å². The summed E-state index contributed by atoms with van der Waals surface area (Å²) in [6, 6.07) is 2.97. The minimum Gasteiger partial charge on any atom is -0.329 e. The van der Waals surface area contributed by atoms with Crippen LogP contribution in [0.5, 0.6) is 0 Å². The lowest BCUT2D eigenvalue weighted by Gasteiger charge is -2.36. The van der Waals surface area contributed by atoms with Gasteiger partial charge in [0.1, 0.15) is 11.4 Å². The van der Waals surface area contributed by atoms with E-state index in [1.54, 1.807) is 34.1 Å². The van der Waals surface area contributed by atoms with Gasteiger partial charge in [-0.25, -0.2) is 4.98 Å². The third-order valence-corrected chi connectivity index (χ3v) is 7.78. The van der Waals surface area contributed by atoms with Crippen LogP contribution in [0.1, 0.15) is 45.5 Å². The second-order valence-corrected chi connectivity index (χ2v) is 9.83. The van der Waals surface area contributed by atoms with E-state index in [4.69, 9.17) is 0 Å². The van der Waals surface area contributed by atoms with Crippen LogP contribution in [0.25, 0.3) is 5.69 Å². The molecule has 5 rings (SSSR count). The molecular formula is C23H23F3N4O2S. The SMILES string of the molecule is Cc1cn(-c2ccc3n(c2=O)CC(C)N(Cc2csc4c2CC(C(F)(F)F)CC4)C3=O)cn1. The Morgan fingerprint density at radius 3 is 2.73 bits per heavy atom. The Hall–Kier alpha value is -2.88. The van der Waals surface area contributed by atoms with Crippen molar-refractivity contribution in [1.29, 1.82) is 0 Å². The summed E-state index contributed by atoms with van der Waals surface area (Å²) >= 11 is 1.48. The highest BCUT2D eigenvalue weighted by atomic mass is 32.1. The molecule has 2 aliphatic rings. The number of halogens is 3. The molecule has 0 spiro atoms. The van der Waals surface area contributed by atoms with Gasteiger partial charge in [-0.2, -0.15) is 13.2 Å². The standard InChI is InChI=1S/C23H23F3N4O2S/c1-13-8-28(12-27-13)18-4-5-19-22(32)29(14(2)9-30(19)21(18)31)10-15-11-33-20-6-3-16(7-17(15)20)23(24,25)26/h4-5,8,11-12,14,16H,3,6-7,9-10H2,1-2H3. The number of hydrogen-bond acceptors (Lipinski definition) is 4. The summed E-state index contributed by atoms with van der Waals surface area (Å²) in [5, 5.41) is 1.88. The average Bonchev–Trinajstić information content (AvgIpc) is 3.37. The Morgan fingerprint density at radius 2 is 2.03 bits per heavy atom. The minimum absolute atomic E-state index is 0.0300. The molecule has 10 heteroatoms. The Balaban J connectivity index is 1.43. The van der Waals surface area contributed by atoms with Crippen LogP contribution in [-0.2, 0) is 25.9 Å². The van der Waals surface area contributed by atoms with E-state index in [9.17, 15) is 22.8 Å². The number of amides is 1. The molecule has 2 atom stereocenters. The van der Waals surface area contributed by atoms with Gasteiger partial charge < -0.3 is 14.0 Å². The van der Waals surface area contributed by atoms with Gasteiger partial charge in [0.15, 0.2) is 0 Å². The van der Waals surface area contributed by atoms with Crippen LogP contribution in [0, 0.1) is 12.8 Å². The number of nitrogens with zero attached hydrogens (tertiary/aromatic N) is 4. The predicted molar refractivity (Wildman–Crippen MR) is 118 cm³/mol. The van der Waals surface area contributed by atoms with Gasteiger partial charge in [-0.1, -0.05) is 0 Å². The molecular weight excluding hydrogens is 453 g/mol. The van der Waals surface area contributed by atoms with Crippen molar-refractivity contribution in [2.75, 3.05) is 0 Å². The highest BCUT2D eigenvalue weighted by molar-refractivity contribution is 7.10. The van der Waals surface area contributed by atoms with Gasteiger partial charge in [-0.3, -0.25) is 9.59 Å². The summed E-state index contributed by atoms with van der Waals surface area (Å²) < 4.78 is 43.1. The first-order valence-electron chi connectivity index (χ1n) is 10.8. The van der Waals surface area contributed by atoms with Crippen molar-refractivity contribution in [2.45, 2.75) is 58.4 Å². The molecule has 6 nitrogen and oxygen atoms in total. The molecule has 4 heterocycles. The van der Waals surface area contributed by atoms with Crippen molar-refractivity contribution >= 4 is 17.2 Å². The molecule has 1 amide bonds. The summed E-state index contributed by atoms with van der Waals surface area (Å²) in [5.74, 6) is -1.63. The van der Waals surface area contributed by atoms with E-state index in [0.29, 0.717) is 18.7 Å². The molecule has 1 aliphatic heterocycles. The topological polar surface area (TPSA) is 60.1 Å². The zero-order valence-electron chi connectivity index (χ0n) is 18.2. The van der Waals surface area contributed by atoms with E-state index in [-0.39, 0.29) is 42.6 Å². The van der Waals surface area contributed by atoms with E-state index in [1.807, 2.05) is 19.2 Å². The number of rotatable bonds is 3. The monoisotopic (exact) mass is 476 g/mol. The first-order chi connectivity index (χ1) is 15.6. The molecule has 0 fully saturated rings. The maximum atomic E-state index is 13.3. The van der Waals surface area contributed by atoms with Gasteiger partial charge in [-0.05, 0) is 61.7 Å². The number of carbonyl (C=O) groups excluding carboxylic acids is 1. The fourth-order valence-electron chi connectivity index (χ4n) is 4.79. The number of thiophene rings is 1. The van der Waals surface area contributed by atoms with Gasteiger partial charge in [-0.15, -0.1) is 11.3 Å². The lowest BCUT2D eigenvalue weighted by Crippen LogP contribution is -2.49. The first-order valence-corrected chi connectivity index (χ1v) is 11.7. The molecule has 33 heavy (non-hydrogen) atoms. The van der Waals surface area contributed by atoms with Crippen LogP contribution < -0.4 is 5.56 Å². The maximum Gasteiger partial charge on any atom is 0.392 e. The van der Waals surface area contributed by atoms with Crippen molar-refractivity contribution < 1.29 is 18.0 Å². The third kappa shape index (κ3) is 3.80. The number of carbonyl (C=O) groups is 1. The van der Waals surface area contributed by atoms with Gasteiger partial charge in [0.05, 0.1) is 17.9 Å². The molecule has 0 bridgehead atoms. The zero-order valence-corrected chi connectivity index (χ0v) is 19.0. The van der Waals surface area contributed by atoms with E-state index in [2.05, 4.69) is 4.98 Å². The van der Waals surface area contributed by atoms with Crippen LogP contribution >= 0.6 is 11.3 Å². The maximum absolute atomic E-state index is 13.3. The van der Waals surface area contributed by atoms with Crippen molar-refractivity contribution in [1.82, 2.24) is 19.0 Å². The smallest absolute Gasteiger partial charge is 0.329 e. The Kier molecular flexibility index (Phi) is 5.23. The first kappa shape index (κ1) is 21.9. The van der Waals surface area contributed by atoms with Gasteiger partial charge in [0.2, 0.25) is 0 Å². The summed E-state index contributed by atoms with van der Waals surface area (Å²) in [7, 11) is 0. The highest BCUT2D eigenvalue weighted by Gasteiger charge is 2.42. The molecule has 0 N–H and O–H groups in total. The lowest BCUT2D eigenvalue weighted by atomic mass is 9.86. The van der Waals surface area contributed by atoms with Crippen LogP contribution in [0.2, 0.25) is 0 Å². The summed E-state index contributed by atoms with van der Waals surface area (Å²) in [6.07, 6.45) is -0.396. The normalized spacial score (nSPS) is 20.6. The molecule has 0 saturated carbocycles. The highest BCUT2D eigenvalue weighted by Crippen LogP contribution is 2.41.